The Bertz CT molecular complexity index is 483. The first-order chi connectivity index (χ1) is 13.8. The number of phosphoric acid groups is 2. The van der Waals surface area contributed by atoms with Crippen molar-refractivity contribution >= 4 is 15.6 Å². The van der Waals surface area contributed by atoms with Gasteiger partial charge in [-0.2, -0.15) is 0 Å². The fraction of sp³-hybridized carbons (Fsp3) is 1.00. The van der Waals surface area contributed by atoms with Crippen LogP contribution in [0.15, 0.2) is 0 Å². The van der Waals surface area contributed by atoms with E-state index in [4.69, 9.17) is 23.4 Å². The first-order valence-electron chi connectivity index (χ1n) is 9.32. The minimum absolute atomic E-state index is 0.0523. The Kier molecular flexibility index (Phi) is 17.7. The molecule has 0 spiro atoms. The molecule has 176 valence electrons. The molecular weight excluding hydrogens is 432 g/mol. The standard InChI is InChI=1S/C15H35NO11P2/c1-16-6-4-3-5-15(13-17)14-27-29(20,21)26-12-10-24-8-7-23-9-11-25-28(18,19)22-2/h15-17H,3-14H2,1-2H3,(H,18,19)(H,20,21). The summed E-state index contributed by atoms with van der Waals surface area (Å²) in [5.74, 6) is -0.225. The van der Waals surface area contributed by atoms with Gasteiger partial charge in [0.2, 0.25) is 0 Å². The number of hydrogen-bond acceptors (Lipinski definition) is 10. The highest BCUT2D eigenvalue weighted by molar-refractivity contribution is 7.47. The zero-order valence-electron chi connectivity index (χ0n) is 17.1. The number of ether oxygens (including phenoxy) is 2. The quantitative estimate of drug-likeness (QED) is 0.140. The van der Waals surface area contributed by atoms with Crippen molar-refractivity contribution in [2.75, 3.05) is 73.6 Å². The molecule has 12 nitrogen and oxygen atoms in total. The van der Waals surface area contributed by atoms with Crippen molar-refractivity contribution in [2.45, 2.75) is 19.3 Å². The molecule has 0 rings (SSSR count). The van der Waals surface area contributed by atoms with Gasteiger partial charge in [0.25, 0.3) is 0 Å². The molecule has 0 aliphatic heterocycles. The molecule has 0 aromatic heterocycles. The molecule has 0 heterocycles. The summed E-state index contributed by atoms with van der Waals surface area (Å²) >= 11 is 0. The second-order valence-corrected chi connectivity index (χ2v) is 8.97. The highest BCUT2D eigenvalue weighted by Gasteiger charge is 2.23. The summed E-state index contributed by atoms with van der Waals surface area (Å²) in [5.41, 5.74) is 0. The smallest absolute Gasteiger partial charge is 0.396 e. The molecule has 0 radical (unpaired) electrons. The Balaban J connectivity index is 3.66. The van der Waals surface area contributed by atoms with Crippen molar-refractivity contribution in [2.24, 2.45) is 5.92 Å². The van der Waals surface area contributed by atoms with Gasteiger partial charge in [-0.3, -0.25) is 18.1 Å². The van der Waals surface area contributed by atoms with E-state index in [1.165, 1.54) is 0 Å². The highest BCUT2D eigenvalue weighted by atomic mass is 31.2. The van der Waals surface area contributed by atoms with Crippen LogP contribution in [0.1, 0.15) is 19.3 Å². The van der Waals surface area contributed by atoms with Crippen LogP contribution in [0.2, 0.25) is 0 Å². The Morgan fingerprint density at radius 3 is 1.93 bits per heavy atom. The van der Waals surface area contributed by atoms with Gasteiger partial charge in [-0.05, 0) is 26.4 Å². The molecule has 29 heavy (non-hydrogen) atoms. The van der Waals surface area contributed by atoms with Crippen LogP contribution < -0.4 is 5.32 Å². The number of hydrogen-bond donors (Lipinski definition) is 4. The SMILES string of the molecule is CNCCCCC(CO)COP(=O)(O)OCCOCCOCCOP(=O)(O)OC. The Hall–Kier alpha value is 0.0600. The Morgan fingerprint density at radius 2 is 1.41 bits per heavy atom. The maximum atomic E-state index is 11.8. The fourth-order valence-electron chi connectivity index (χ4n) is 2.00. The molecule has 0 bridgehead atoms. The normalized spacial score (nSPS) is 17.0. The predicted octanol–water partition coefficient (Wildman–Crippen LogP) is 0.915. The molecule has 0 fully saturated rings. The van der Waals surface area contributed by atoms with Crippen molar-refractivity contribution in [3.63, 3.8) is 0 Å². The number of nitrogens with one attached hydrogen (secondary N) is 1. The van der Waals surface area contributed by atoms with E-state index in [2.05, 4.69) is 14.4 Å². The van der Waals surface area contributed by atoms with Gasteiger partial charge in [-0.1, -0.05) is 6.42 Å². The topological polar surface area (TPSA) is 162 Å². The lowest BCUT2D eigenvalue weighted by molar-refractivity contribution is 0.0179. The van der Waals surface area contributed by atoms with Crippen LogP contribution in [-0.2, 0) is 36.7 Å². The average Bonchev–Trinajstić information content (AvgIpc) is 2.68. The minimum Gasteiger partial charge on any atom is -0.396 e. The number of aliphatic hydroxyl groups excluding tert-OH is 1. The summed E-state index contributed by atoms with van der Waals surface area (Å²) in [6.07, 6.45) is 2.51. The average molecular weight is 467 g/mol. The monoisotopic (exact) mass is 467 g/mol. The van der Waals surface area contributed by atoms with Crippen LogP contribution in [0.5, 0.6) is 0 Å². The summed E-state index contributed by atoms with van der Waals surface area (Å²) in [6, 6.07) is 0. The summed E-state index contributed by atoms with van der Waals surface area (Å²) in [5, 5.41) is 12.3. The van der Waals surface area contributed by atoms with Gasteiger partial charge in [-0.15, -0.1) is 0 Å². The van der Waals surface area contributed by atoms with E-state index in [0.29, 0.717) is 6.42 Å². The molecule has 0 aliphatic rings. The van der Waals surface area contributed by atoms with Crippen LogP contribution in [0, 0.1) is 5.92 Å². The maximum Gasteiger partial charge on any atom is 0.472 e. The van der Waals surface area contributed by atoms with Crippen molar-refractivity contribution in [3.8, 4) is 0 Å². The minimum atomic E-state index is -4.21. The van der Waals surface area contributed by atoms with E-state index < -0.39 is 15.6 Å². The first-order valence-corrected chi connectivity index (χ1v) is 12.3. The lowest BCUT2D eigenvalue weighted by atomic mass is 10.0. The van der Waals surface area contributed by atoms with E-state index in [1.807, 2.05) is 7.05 Å². The summed E-state index contributed by atoms with van der Waals surface area (Å²) in [7, 11) is -5.28. The van der Waals surface area contributed by atoms with Crippen molar-refractivity contribution in [1.82, 2.24) is 5.32 Å². The van der Waals surface area contributed by atoms with Gasteiger partial charge in [0.1, 0.15) is 0 Å². The molecule has 0 saturated heterocycles. The zero-order valence-corrected chi connectivity index (χ0v) is 18.9. The van der Waals surface area contributed by atoms with Crippen LogP contribution in [0.25, 0.3) is 0 Å². The Morgan fingerprint density at radius 1 is 0.862 bits per heavy atom. The first kappa shape index (κ1) is 29.1. The molecular formula is C15H35NO11P2. The van der Waals surface area contributed by atoms with E-state index in [-0.39, 0.29) is 58.8 Å². The highest BCUT2D eigenvalue weighted by Crippen LogP contribution is 2.43. The van der Waals surface area contributed by atoms with Crippen molar-refractivity contribution in [3.05, 3.63) is 0 Å². The fourth-order valence-corrected chi connectivity index (χ4v) is 3.19. The van der Waals surface area contributed by atoms with Crippen LogP contribution in [0.3, 0.4) is 0 Å². The molecule has 14 heteroatoms. The van der Waals surface area contributed by atoms with E-state index in [0.717, 1.165) is 26.5 Å². The van der Waals surface area contributed by atoms with E-state index in [9.17, 15) is 19.1 Å². The molecule has 0 saturated carbocycles. The lowest BCUT2D eigenvalue weighted by Gasteiger charge is -2.17. The molecule has 4 N–H and O–H groups in total. The predicted molar refractivity (Wildman–Crippen MR) is 105 cm³/mol. The number of rotatable bonds is 21. The third kappa shape index (κ3) is 18.5. The van der Waals surface area contributed by atoms with Gasteiger partial charge in [0, 0.05) is 19.6 Å². The van der Waals surface area contributed by atoms with Gasteiger partial charge in [0.05, 0.1) is 46.2 Å². The van der Waals surface area contributed by atoms with E-state index in [1.54, 1.807) is 0 Å². The molecule has 0 aromatic rings. The third-order valence-electron chi connectivity index (χ3n) is 3.59. The van der Waals surface area contributed by atoms with Gasteiger partial charge in [-0.25, -0.2) is 9.13 Å². The van der Waals surface area contributed by atoms with Gasteiger partial charge >= 0.3 is 15.6 Å². The zero-order chi connectivity index (χ0) is 22.0. The van der Waals surface area contributed by atoms with Crippen LogP contribution >= 0.6 is 15.6 Å². The lowest BCUT2D eigenvalue weighted by Crippen LogP contribution is -2.15. The number of unbranched alkanes of at least 4 members (excludes halogenated alkanes) is 1. The van der Waals surface area contributed by atoms with Gasteiger partial charge in [0.15, 0.2) is 0 Å². The number of aliphatic hydroxyl groups is 1. The largest absolute Gasteiger partial charge is 0.472 e. The molecule has 0 aromatic carbocycles. The summed E-state index contributed by atoms with van der Waals surface area (Å²) in [4.78, 5) is 18.6. The molecule has 3 unspecified atom stereocenters. The third-order valence-corrected chi connectivity index (χ3v) is 5.54. The van der Waals surface area contributed by atoms with Crippen LogP contribution in [0.4, 0.5) is 0 Å². The Labute approximate surface area is 172 Å². The van der Waals surface area contributed by atoms with Gasteiger partial charge < -0.3 is 29.7 Å². The second-order valence-electron chi connectivity index (χ2n) is 5.95. The summed E-state index contributed by atoms with van der Waals surface area (Å²) in [6.45, 7) is 0.943. The number of phosphoric ester groups is 2. The second kappa shape index (κ2) is 17.7. The van der Waals surface area contributed by atoms with Crippen molar-refractivity contribution in [1.29, 1.82) is 0 Å². The van der Waals surface area contributed by atoms with Crippen LogP contribution in [-0.4, -0.2) is 88.5 Å². The molecule has 0 amide bonds. The van der Waals surface area contributed by atoms with Crippen molar-refractivity contribution < 1.29 is 51.6 Å². The molecule has 3 atom stereocenters. The molecule has 0 aliphatic carbocycles. The van der Waals surface area contributed by atoms with E-state index >= 15 is 0 Å². The maximum absolute atomic E-state index is 11.8. The summed E-state index contributed by atoms with van der Waals surface area (Å²) < 4.78 is 51.6.